The Morgan fingerprint density at radius 2 is 2.04 bits per heavy atom. The van der Waals surface area contributed by atoms with Crippen LogP contribution < -0.4 is 10.6 Å². The zero-order valence-corrected chi connectivity index (χ0v) is 18.2. The van der Waals surface area contributed by atoms with Crippen molar-refractivity contribution in [1.29, 1.82) is 0 Å². The second-order valence-corrected chi connectivity index (χ2v) is 8.63. The van der Waals surface area contributed by atoms with E-state index < -0.39 is 0 Å². The number of nitrogens with zero attached hydrogens (tertiary/aromatic N) is 4. The normalized spacial score (nSPS) is 17.8. The topological polar surface area (TPSA) is 88.2 Å². The fourth-order valence-corrected chi connectivity index (χ4v) is 4.02. The molecule has 1 fully saturated rings. The van der Waals surface area contributed by atoms with Crippen molar-refractivity contribution < 1.29 is 5.11 Å². The molecular formula is C19H25BrClN5O. The number of pyridine rings is 1. The monoisotopic (exact) mass is 453 g/mol. The van der Waals surface area contributed by atoms with Crippen LogP contribution in [0.25, 0.3) is 11.3 Å². The Morgan fingerprint density at radius 3 is 2.63 bits per heavy atom. The smallest absolute Gasteiger partial charge is 0.153 e. The van der Waals surface area contributed by atoms with Crippen LogP contribution in [0.3, 0.4) is 0 Å². The van der Waals surface area contributed by atoms with Crippen LogP contribution in [0, 0.1) is 12.3 Å². The van der Waals surface area contributed by atoms with Crippen molar-refractivity contribution >= 4 is 33.3 Å². The SMILES string of the molecule is Cc1nc(N2CCC(C)([C@@H](C)N)CC2)c(CO)nc1-c1ccnc(Cl)c1Br. The summed E-state index contributed by atoms with van der Waals surface area (Å²) in [5.41, 5.74) is 9.16. The highest BCUT2D eigenvalue weighted by molar-refractivity contribution is 9.10. The minimum absolute atomic E-state index is 0.136. The lowest BCUT2D eigenvalue weighted by atomic mass is 9.75. The lowest BCUT2D eigenvalue weighted by Crippen LogP contribution is -2.47. The van der Waals surface area contributed by atoms with Gasteiger partial charge in [-0.25, -0.2) is 15.0 Å². The fraction of sp³-hybridized carbons (Fsp3) is 0.526. The van der Waals surface area contributed by atoms with E-state index in [2.05, 4.69) is 39.7 Å². The summed E-state index contributed by atoms with van der Waals surface area (Å²) in [6.07, 6.45) is 3.61. The highest BCUT2D eigenvalue weighted by Crippen LogP contribution is 2.37. The van der Waals surface area contributed by atoms with Crippen molar-refractivity contribution in [3.05, 3.63) is 33.3 Å². The van der Waals surface area contributed by atoms with Gasteiger partial charge in [0.25, 0.3) is 0 Å². The molecule has 0 radical (unpaired) electrons. The zero-order valence-electron chi connectivity index (χ0n) is 15.8. The Morgan fingerprint density at radius 1 is 1.37 bits per heavy atom. The average Bonchev–Trinajstić information content (AvgIpc) is 2.64. The van der Waals surface area contributed by atoms with Gasteiger partial charge in [0.15, 0.2) is 5.82 Å². The predicted octanol–water partition coefficient (Wildman–Crippen LogP) is 3.71. The number of hydrogen-bond acceptors (Lipinski definition) is 6. The molecule has 0 aromatic carbocycles. The second-order valence-electron chi connectivity index (χ2n) is 7.48. The van der Waals surface area contributed by atoms with Crippen molar-refractivity contribution in [1.82, 2.24) is 15.0 Å². The summed E-state index contributed by atoms with van der Waals surface area (Å²) in [5, 5.41) is 10.3. The number of piperidine rings is 1. The third kappa shape index (κ3) is 3.97. The Bertz CT molecular complexity index is 837. The third-order valence-electron chi connectivity index (χ3n) is 5.68. The molecule has 0 amide bonds. The molecule has 0 spiro atoms. The molecule has 146 valence electrons. The largest absolute Gasteiger partial charge is 0.390 e. The number of aromatic nitrogens is 3. The summed E-state index contributed by atoms with van der Waals surface area (Å²) >= 11 is 9.59. The molecular weight excluding hydrogens is 430 g/mol. The summed E-state index contributed by atoms with van der Waals surface area (Å²) in [7, 11) is 0. The summed E-state index contributed by atoms with van der Waals surface area (Å²) < 4.78 is 0.673. The number of halogens is 2. The number of anilines is 1. The molecule has 3 N–H and O–H groups in total. The molecule has 27 heavy (non-hydrogen) atoms. The molecule has 2 aromatic heterocycles. The van der Waals surface area contributed by atoms with Gasteiger partial charge in [0.05, 0.1) is 22.5 Å². The van der Waals surface area contributed by atoms with Crippen LogP contribution in [0.15, 0.2) is 16.7 Å². The van der Waals surface area contributed by atoms with Crippen LogP contribution in [-0.2, 0) is 6.61 Å². The Hall–Kier alpha value is -1.28. The van der Waals surface area contributed by atoms with Gasteiger partial charge < -0.3 is 15.7 Å². The van der Waals surface area contributed by atoms with Gasteiger partial charge in [0, 0.05) is 30.9 Å². The highest BCUT2D eigenvalue weighted by Gasteiger charge is 2.34. The Balaban J connectivity index is 1.95. The Labute approximate surface area is 173 Å². The predicted molar refractivity (Wildman–Crippen MR) is 112 cm³/mol. The molecule has 3 rings (SSSR count). The van der Waals surface area contributed by atoms with Gasteiger partial charge in [-0.15, -0.1) is 0 Å². The molecule has 6 nitrogen and oxygen atoms in total. The minimum atomic E-state index is -0.174. The van der Waals surface area contributed by atoms with E-state index in [0.29, 0.717) is 21.0 Å². The van der Waals surface area contributed by atoms with Gasteiger partial charge in [0.2, 0.25) is 0 Å². The lowest BCUT2D eigenvalue weighted by molar-refractivity contribution is 0.204. The maximum atomic E-state index is 9.93. The van der Waals surface area contributed by atoms with Crippen molar-refractivity contribution in [2.24, 2.45) is 11.1 Å². The van der Waals surface area contributed by atoms with E-state index in [-0.39, 0.29) is 18.1 Å². The van der Waals surface area contributed by atoms with Gasteiger partial charge in [0.1, 0.15) is 10.8 Å². The van der Waals surface area contributed by atoms with Crippen LogP contribution in [0.1, 0.15) is 38.1 Å². The van der Waals surface area contributed by atoms with Gasteiger partial charge in [-0.2, -0.15) is 0 Å². The van der Waals surface area contributed by atoms with Gasteiger partial charge >= 0.3 is 0 Å². The first-order valence-electron chi connectivity index (χ1n) is 9.06. The number of aliphatic hydroxyl groups is 1. The van der Waals surface area contributed by atoms with Gasteiger partial charge in [-0.05, 0) is 54.1 Å². The number of aliphatic hydroxyl groups excluding tert-OH is 1. The molecule has 0 bridgehead atoms. The molecule has 0 saturated carbocycles. The van der Waals surface area contributed by atoms with Crippen molar-refractivity contribution in [3.63, 3.8) is 0 Å². The fourth-order valence-electron chi connectivity index (χ4n) is 3.44. The van der Waals surface area contributed by atoms with Crippen molar-refractivity contribution in [2.45, 2.75) is 46.3 Å². The van der Waals surface area contributed by atoms with E-state index in [1.54, 1.807) is 6.20 Å². The maximum absolute atomic E-state index is 9.93. The van der Waals surface area contributed by atoms with Crippen LogP contribution in [-0.4, -0.2) is 39.2 Å². The molecule has 2 aromatic rings. The molecule has 0 unspecified atom stereocenters. The maximum Gasteiger partial charge on any atom is 0.153 e. The molecule has 1 atom stereocenters. The van der Waals surface area contributed by atoms with Crippen LogP contribution in [0.2, 0.25) is 5.15 Å². The first kappa shape index (κ1) is 20.5. The van der Waals surface area contributed by atoms with E-state index in [1.807, 2.05) is 13.0 Å². The number of rotatable bonds is 4. The number of aryl methyl sites for hydroxylation is 1. The van der Waals surface area contributed by atoms with Crippen LogP contribution in [0.4, 0.5) is 5.82 Å². The first-order chi connectivity index (χ1) is 12.8. The van der Waals surface area contributed by atoms with E-state index in [1.165, 1.54) is 0 Å². The quantitative estimate of drug-likeness (QED) is 0.685. The van der Waals surface area contributed by atoms with E-state index in [4.69, 9.17) is 27.3 Å². The average molecular weight is 455 g/mol. The number of nitrogens with two attached hydrogens (primary N) is 1. The van der Waals surface area contributed by atoms with Crippen LogP contribution in [0.5, 0.6) is 0 Å². The molecule has 8 heteroatoms. The summed E-state index contributed by atoms with van der Waals surface area (Å²) in [6, 6.07) is 1.99. The van der Waals surface area contributed by atoms with Crippen molar-refractivity contribution in [2.75, 3.05) is 18.0 Å². The molecule has 1 aliphatic rings. The van der Waals surface area contributed by atoms with E-state index >= 15 is 0 Å². The van der Waals surface area contributed by atoms with Crippen molar-refractivity contribution in [3.8, 4) is 11.3 Å². The first-order valence-corrected chi connectivity index (χ1v) is 10.2. The van der Waals surface area contributed by atoms with Gasteiger partial charge in [-0.1, -0.05) is 18.5 Å². The summed E-state index contributed by atoms with van der Waals surface area (Å²) in [4.78, 5) is 15.8. The van der Waals surface area contributed by atoms with Gasteiger partial charge in [-0.3, -0.25) is 0 Å². The van der Waals surface area contributed by atoms with E-state index in [0.717, 1.165) is 43.0 Å². The zero-order chi connectivity index (χ0) is 19.8. The Kier molecular flexibility index (Phi) is 6.05. The molecule has 3 heterocycles. The van der Waals surface area contributed by atoms with E-state index in [9.17, 15) is 5.11 Å². The third-order valence-corrected chi connectivity index (χ3v) is 6.99. The molecule has 0 aliphatic carbocycles. The minimum Gasteiger partial charge on any atom is -0.390 e. The molecule has 1 saturated heterocycles. The summed E-state index contributed by atoms with van der Waals surface area (Å²) in [5.74, 6) is 0.752. The lowest BCUT2D eigenvalue weighted by Gasteiger charge is -2.42. The number of hydrogen-bond donors (Lipinski definition) is 2. The van der Waals surface area contributed by atoms with Crippen LogP contribution >= 0.6 is 27.5 Å². The second kappa shape index (κ2) is 7.99. The highest BCUT2D eigenvalue weighted by atomic mass is 79.9. The summed E-state index contributed by atoms with van der Waals surface area (Å²) in [6.45, 7) is 7.77. The molecule has 1 aliphatic heterocycles. The standard InChI is InChI=1S/C19H25BrClN5O/c1-11-16(13-4-7-23-17(21)15(13)20)25-14(10-27)18(24-11)26-8-5-19(3,6-9-26)12(2)22/h4,7,12,27H,5-6,8-10,22H2,1-3H3/t12-/m1/s1.